The average molecular weight is 361 g/mol. The van der Waals surface area contributed by atoms with Gasteiger partial charge < -0.3 is 20.3 Å². The van der Waals surface area contributed by atoms with Crippen molar-refractivity contribution >= 4 is 6.09 Å². The van der Waals surface area contributed by atoms with Gasteiger partial charge in [0.25, 0.3) is 0 Å². The van der Waals surface area contributed by atoms with Gasteiger partial charge in [0.2, 0.25) is 0 Å². The van der Waals surface area contributed by atoms with E-state index in [1.165, 1.54) is 0 Å². The van der Waals surface area contributed by atoms with Crippen molar-refractivity contribution in [1.29, 1.82) is 0 Å². The summed E-state index contributed by atoms with van der Waals surface area (Å²) in [5.41, 5.74) is 1.46. The molecule has 2 rings (SSSR count). The largest absolute Gasteiger partial charge is 0.445 e. The highest BCUT2D eigenvalue weighted by molar-refractivity contribution is 5.67. The van der Waals surface area contributed by atoms with Crippen LogP contribution >= 0.6 is 0 Å². The summed E-state index contributed by atoms with van der Waals surface area (Å²) in [4.78, 5) is 11.7. The lowest BCUT2D eigenvalue weighted by Crippen LogP contribution is -2.29. The number of alkyl carbamates (subject to hydrolysis) is 1. The summed E-state index contributed by atoms with van der Waals surface area (Å²) in [6, 6.07) is 9.37. The first-order valence-electron chi connectivity index (χ1n) is 8.78. The van der Waals surface area contributed by atoms with E-state index >= 15 is 0 Å². The molecule has 0 saturated heterocycles. The van der Waals surface area contributed by atoms with Crippen LogP contribution < -0.4 is 5.32 Å². The topological polar surface area (TPSA) is 96.6 Å². The molecule has 7 nitrogen and oxygen atoms in total. The summed E-state index contributed by atoms with van der Waals surface area (Å²) >= 11 is 0. The molecular formula is C19H27N3O4. The van der Waals surface area contributed by atoms with Gasteiger partial charge in [-0.2, -0.15) is 5.10 Å². The van der Waals surface area contributed by atoms with E-state index in [1.54, 1.807) is 17.1 Å². The second kappa shape index (κ2) is 9.94. The van der Waals surface area contributed by atoms with Crippen molar-refractivity contribution in [3.05, 3.63) is 53.9 Å². The first-order chi connectivity index (χ1) is 12.5. The van der Waals surface area contributed by atoms with Crippen molar-refractivity contribution in [3.8, 4) is 0 Å². The summed E-state index contributed by atoms with van der Waals surface area (Å²) in [5.74, 6) is 0.441. The van der Waals surface area contributed by atoms with Crippen molar-refractivity contribution in [2.75, 3.05) is 6.54 Å². The average Bonchev–Trinajstić information content (AvgIpc) is 3.07. The Morgan fingerprint density at radius 2 is 2.00 bits per heavy atom. The van der Waals surface area contributed by atoms with E-state index in [9.17, 15) is 15.0 Å². The summed E-state index contributed by atoms with van der Waals surface area (Å²) in [5, 5.41) is 27.1. The van der Waals surface area contributed by atoms with Crippen LogP contribution in [0.15, 0.2) is 42.7 Å². The first-order valence-corrected chi connectivity index (χ1v) is 8.78. The predicted octanol–water partition coefficient (Wildman–Crippen LogP) is 2.25. The number of amides is 1. The lowest BCUT2D eigenvalue weighted by molar-refractivity contribution is 0.0136. The van der Waals surface area contributed by atoms with Crippen molar-refractivity contribution in [2.45, 2.75) is 45.6 Å². The van der Waals surface area contributed by atoms with Gasteiger partial charge >= 0.3 is 6.09 Å². The van der Waals surface area contributed by atoms with Crippen molar-refractivity contribution in [1.82, 2.24) is 15.1 Å². The van der Waals surface area contributed by atoms with Crippen LogP contribution in [0.4, 0.5) is 4.79 Å². The van der Waals surface area contributed by atoms with E-state index in [0.717, 1.165) is 12.1 Å². The first kappa shape index (κ1) is 19.9. The fraction of sp³-hybridized carbons (Fsp3) is 0.474. The Balaban J connectivity index is 1.69. The van der Waals surface area contributed by atoms with E-state index in [0.29, 0.717) is 11.5 Å². The molecule has 1 amide bonds. The molecule has 0 aliphatic heterocycles. The van der Waals surface area contributed by atoms with Gasteiger partial charge in [0, 0.05) is 24.8 Å². The van der Waals surface area contributed by atoms with Crippen LogP contribution in [0.25, 0.3) is 0 Å². The Kier molecular flexibility index (Phi) is 7.62. The third-order valence-electron chi connectivity index (χ3n) is 3.83. The molecule has 3 N–H and O–H groups in total. The SMILES string of the molecule is CC(C)Cn1cc(C(O)C(O)CCNC(=O)OCc2ccccc2)cn1. The minimum atomic E-state index is -1.04. The zero-order valence-corrected chi connectivity index (χ0v) is 15.2. The van der Waals surface area contributed by atoms with Crippen LogP contribution in [0.2, 0.25) is 0 Å². The summed E-state index contributed by atoms with van der Waals surface area (Å²) in [6.45, 7) is 5.29. The van der Waals surface area contributed by atoms with E-state index in [2.05, 4.69) is 24.3 Å². The number of aliphatic hydroxyl groups excluding tert-OH is 2. The molecule has 7 heteroatoms. The van der Waals surface area contributed by atoms with E-state index in [1.807, 2.05) is 30.3 Å². The van der Waals surface area contributed by atoms with Gasteiger partial charge in [-0.15, -0.1) is 0 Å². The molecule has 0 spiro atoms. The van der Waals surface area contributed by atoms with Crippen LogP contribution in [0.5, 0.6) is 0 Å². The van der Waals surface area contributed by atoms with E-state index in [4.69, 9.17) is 4.74 Å². The van der Waals surface area contributed by atoms with Crippen LogP contribution in [0.1, 0.15) is 37.5 Å². The van der Waals surface area contributed by atoms with Gasteiger partial charge in [-0.3, -0.25) is 4.68 Å². The third-order valence-corrected chi connectivity index (χ3v) is 3.83. The molecule has 1 aromatic heterocycles. The maximum Gasteiger partial charge on any atom is 0.407 e. The molecule has 2 unspecified atom stereocenters. The normalized spacial score (nSPS) is 13.4. The second-order valence-corrected chi connectivity index (χ2v) is 6.68. The van der Waals surface area contributed by atoms with Gasteiger partial charge in [0.05, 0.1) is 12.3 Å². The summed E-state index contributed by atoms with van der Waals surface area (Å²) < 4.78 is 6.83. The Hall–Kier alpha value is -2.38. The molecular weight excluding hydrogens is 334 g/mol. The number of aromatic nitrogens is 2. The zero-order chi connectivity index (χ0) is 18.9. The summed E-state index contributed by atoms with van der Waals surface area (Å²) in [6.07, 6.45) is 0.893. The molecule has 0 saturated carbocycles. The standard InChI is InChI=1S/C19H27N3O4/c1-14(2)11-22-12-16(10-21-22)18(24)17(23)8-9-20-19(25)26-13-15-6-4-3-5-7-15/h3-7,10,12,14,17-18,23-24H,8-9,11,13H2,1-2H3,(H,20,25). The Labute approximate surface area is 153 Å². The highest BCUT2D eigenvalue weighted by Crippen LogP contribution is 2.18. The van der Waals surface area contributed by atoms with Crippen LogP contribution in [-0.4, -0.2) is 38.7 Å². The minimum absolute atomic E-state index is 0.187. The molecule has 0 bridgehead atoms. The van der Waals surface area contributed by atoms with Crippen molar-refractivity contribution in [2.24, 2.45) is 5.92 Å². The number of rotatable bonds is 9. The number of carbonyl (C=O) groups excluding carboxylic acids is 1. The molecule has 1 aromatic carbocycles. The Morgan fingerprint density at radius 1 is 1.27 bits per heavy atom. The molecule has 2 aromatic rings. The van der Waals surface area contributed by atoms with E-state index in [-0.39, 0.29) is 19.6 Å². The number of carbonyl (C=O) groups is 1. The third kappa shape index (κ3) is 6.50. The molecule has 0 aliphatic rings. The zero-order valence-electron chi connectivity index (χ0n) is 15.2. The maximum absolute atomic E-state index is 11.7. The second-order valence-electron chi connectivity index (χ2n) is 6.68. The fourth-order valence-electron chi connectivity index (χ4n) is 2.48. The number of aliphatic hydroxyl groups is 2. The molecule has 2 atom stereocenters. The fourth-order valence-corrected chi connectivity index (χ4v) is 2.48. The smallest absolute Gasteiger partial charge is 0.407 e. The van der Waals surface area contributed by atoms with E-state index < -0.39 is 18.3 Å². The number of nitrogens with zero attached hydrogens (tertiary/aromatic N) is 2. The number of benzene rings is 1. The van der Waals surface area contributed by atoms with Gasteiger partial charge in [0.15, 0.2) is 0 Å². The lowest BCUT2D eigenvalue weighted by Gasteiger charge is -2.16. The molecule has 26 heavy (non-hydrogen) atoms. The number of hydrogen-bond donors (Lipinski definition) is 3. The van der Waals surface area contributed by atoms with Gasteiger partial charge in [0.1, 0.15) is 12.7 Å². The van der Waals surface area contributed by atoms with Crippen LogP contribution in [0.3, 0.4) is 0 Å². The molecule has 0 fully saturated rings. The predicted molar refractivity (Wildman–Crippen MR) is 97.3 cm³/mol. The Morgan fingerprint density at radius 3 is 2.69 bits per heavy atom. The number of hydrogen-bond acceptors (Lipinski definition) is 5. The number of ether oxygens (including phenoxy) is 1. The van der Waals surface area contributed by atoms with Crippen LogP contribution in [-0.2, 0) is 17.9 Å². The summed E-state index contributed by atoms with van der Waals surface area (Å²) in [7, 11) is 0. The molecule has 142 valence electrons. The number of nitrogens with one attached hydrogen (secondary N) is 1. The minimum Gasteiger partial charge on any atom is -0.445 e. The van der Waals surface area contributed by atoms with Gasteiger partial charge in [-0.05, 0) is 17.9 Å². The molecule has 0 aliphatic carbocycles. The van der Waals surface area contributed by atoms with Crippen molar-refractivity contribution < 1.29 is 19.7 Å². The quantitative estimate of drug-likeness (QED) is 0.636. The maximum atomic E-state index is 11.7. The lowest BCUT2D eigenvalue weighted by atomic mass is 10.1. The van der Waals surface area contributed by atoms with Crippen LogP contribution in [0, 0.1) is 5.92 Å². The van der Waals surface area contributed by atoms with Gasteiger partial charge in [-0.25, -0.2) is 4.79 Å². The monoisotopic (exact) mass is 361 g/mol. The highest BCUT2D eigenvalue weighted by Gasteiger charge is 2.20. The van der Waals surface area contributed by atoms with Gasteiger partial charge in [-0.1, -0.05) is 44.2 Å². The molecule has 0 radical (unpaired) electrons. The Bertz CT molecular complexity index is 672. The molecule has 1 heterocycles. The highest BCUT2D eigenvalue weighted by atomic mass is 16.5. The van der Waals surface area contributed by atoms with Crippen molar-refractivity contribution in [3.63, 3.8) is 0 Å².